The molecule has 3 heterocycles. The van der Waals surface area contributed by atoms with Gasteiger partial charge in [-0.3, -0.25) is 9.78 Å². The molecule has 26 heavy (non-hydrogen) atoms. The summed E-state index contributed by atoms with van der Waals surface area (Å²) in [5.74, 6) is -0.153. The summed E-state index contributed by atoms with van der Waals surface area (Å²) in [7, 11) is 0. The largest absolute Gasteiger partial charge is 0.424 e. The smallest absolute Gasteiger partial charge is 0.295 e. The summed E-state index contributed by atoms with van der Waals surface area (Å²) in [6.07, 6.45) is 3.98. The molecule has 2 aromatic heterocycles. The van der Waals surface area contributed by atoms with E-state index in [9.17, 15) is 9.18 Å². The Morgan fingerprint density at radius 2 is 2.27 bits per heavy atom. The number of carbonyl (C=O) groups excluding carboxylic acids is 1. The monoisotopic (exact) mass is 354 g/mol. The van der Waals surface area contributed by atoms with E-state index in [0.29, 0.717) is 36.6 Å². The minimum Gasteiger partial charge on any atom is -0.424 e. The third kappa shape index (κ3) is 3.00. The van der Waals surface area contributed by atoms with Gasteiger partial charge in [0.1, 0.15) is 11.3 Å². The zero-order valence-corrected chi connectivity index (χ0v) is 14.4. The third-order valence-electron chi connectivity index (χ3n) is 4.77. The highest BCUT2D eigenvalue weighted by Crippen LogP contribution is 2.37. The van der Waals surface area contributed by atoms with Crippen molar-refractivity contribution in [3.05, 3.63) is 54.1 Å². The minimum absolute atomic E-state index is 0.0319. The van der Waals surface area contributed by atoms with E-state index in [-0.39, 0.29) is 23.7 Å². The summed E-state index contributed by atoms with van der Waals surface area (Å²) in [5, 5.41) is 3.16. The van der Waals surface area contributed by atoms with Crippen LogP contribution in [-0.2, 0) is 4.79 Å². The highest BCUT2D eigenvalue weighted by Gasteiger charge is 2.39. The number of nitrogens with zero attached hydrogens (tertiary/aromatic N) is 3. The molecule has 3 aromatic rings. The first-order valence-electron chi connectivity index (χ1n) is 8.65. The number of carbonyl (C=O) groups is 1. The van der Waals surface area contributed by atoms with Crippen LogP contribution >= 0.6 is 0 Å². The number of aromatic nitrogens is 2. The molecule has 1 aromatic carbocycles. The Hall–Kier alpha value is -2.96. The Morgan fingerprint density at radius 3 is 3.04 bits per heavy atom. The van der Waals surface area contributed by atoms with Gasteiger partial charge in [-0.2, -0.15) is 4.98 Å². The first-order valence-corrected chi connectivity index (χ1v) is 8.65. The fourth-order valence-electron chi connectivity index (χ4n) is 3.62. The van der Waals surface area contributed by atoms with Crippen LogP contribution in [0.5, 0.6) is 0 Å². The van der Waals surface area contributed by atoms with Crippen molar-refractivity contribution in [1.82, 2.24) is 14.9 Å². The number of hydrogen-bond donors (Lipinski definition) is 1. The van der Waals surface area contributed by atoms with Gasteiger partial charge in [0.2, 0.25) is 5.91 Å². The van der Waals surface area contributed by atoms with Gasteiger partial charge in [0, 0.05) is 43.9 Å². The fraction of sp³-hybridized carbons (Fsp3) is 0.316. The van der Waals surface area contributed by atoms with Crippen molar-refractivity contribution in [1.29, 1.82) is 0 Å². The van der Waals surface area contributed by atoms with Crippen molar-refractivity contribution in [3.63, 3.8) is 0 Å². The van der Waals surface area contributed by atoms with Gasteiger partial charge in [-0.1, -0.05) is 6.07 Å². The number of amides is 1. The Bertz CT molecular complexity index is 928. The van der Waals surface area contributed by atoms with Crippen molar-refractivity contribution < 1.29 is 13.6 Å². The van der Waals surface area contributed by atoms with E-state index in [4.69, 9.17) is 4.42 Å². The molecule has 0 saturated carbocycles. The van der Waals surface area contributed by atoms with Crippen LogP contribution in [0.3, 0.4) is 0 Å². The Balaban J connectivity index is 1.54. The maximum atomic E-state index is 13.3. The van der Waals surface area contributed by atoms with Crippen LogP contribution in [-0.4, -0.2) is 33.9 Å². The fourth-order valence-corrected chi connectivity index (χ4v) is 3.62. The lowest BCUT2D eigenvalue weighted by atomic mass is 9.94. The highest BCUT2D eigenvalue weighted by atomic mass is 19.1. The first-order chi connectivity index (χ1) is 12.7. The van der Waals surface area contributed by atoms with E-state index in [1.54, 1.807) is 18.5 Å². The van der Waals surface area contributed by atoms with E-state index < -0.39 is 0 Å². The van der Waals surface area contributed by atoms with Crippen LogP contribution < -0.4 is 5.32 Å². The average Bonchev–Trinajstić information content (AvgIpc) is 3.20. The standard InChI is InChI=1S/C19H19FN4O2/c1-2-24-17(25)8-13(18(24)12-4-3-7-21-10-12)11-22-19-23-15-9-14(20)5-6-16(15)26-19/h3-7,9-10,13,18H,2,8,11H2,1H3,(H,22,23)/t13-,18-/m1/s1. The summed E-state index contributed by atoms with van der Waals surface area (Å²) < 4.78 is 18.9. The van der Waals surface area contributed by atoms with Crippen LogP contribution in [0.25, 0.3) is 11.1 Å². The highest BCUT2D eigenvalue weighted by molar-refractivity contribution is 5.80. The van der Waals surface area contributed by atoms with Crippen LogP contribution in [0.1, 0.15) is 24.9 Å². The molecule has 134 valence electrons. The summed E-state index contributed by atoms with van der Waals surface area (Å²) in [5.41, 5.74) is 2.01. The average molecular weight is 354 g/mol. The molecule has 0 aliphatic carbocycles. The predicted molar refractivity (Wildman–Crippen MR) is 94.9 cm³/mol. The zero-order chi connectivity index (χ0) is 18.1. The molecule has 1 saturated heterocycles. The number of halogens is 1. The molecule has 1 N–H and O–H groups in total. The van der Waals surface area contributed by atoms with Gasteiger partial charge in [0.05, 0.1) is 6.04 Å². The van der Waals surface area contributed by atoms with E-state index in [1.165, 1.54) is 12.1 Å². The van der Waals surface area contributed by atoms with Crippen molar-refractivity contribution in [2.75, 3.05) is 18.4 Å². The summed E-state index contributed by atoms with van der Waals surface area (Å²) in [6.45, 7) is 3.15. The maximum absolute atomic E-state index is 13.3. The third-order valence-corrected chi connectivity index (χ3v) is 4.77. The second-order valence-corrected chi connectivity index (χ2v) is 6.39. The molecule has 0 radical (unpaired) electrons. The second kappa shape index (κ2) is 6.74. The molecular formula is C19H19FN4O2. The van der Waals surface area contributed by atoms with Crippen LogP contribution in [0.2, 0.25) is 0 Å². The molecule has 0 spiro atoms. The van der Waals surface area contributed by atoms with Gasteiger partial charge in [-0.05, 0) is 30.7 Å². The van der Waals surface area contributed by atoms with E-state index in [0.717, 1.165) is 5.56 Å². The van der Waals surface area contributed by atoms with Gasteiger partial charge in [0.15, 0.2) is 5.58 Å². The lowest BCUT2D eigenvalue weighted by molar-refractivity contribution is -0.128. The molecule has 2 atom stereocenters. The van der Waals surface area contributed by atoms with Gasteiger partial charge in [-0.25, -0.2) is 4.39 Å². The topological polar surface area (TPSA) is 71.3 Å². The Morgan fingerprint density at radius 1 is 1.38 bits per heavy atom. The van der Waals surface area contributed by atoms with Crippen LogP contribution in [0.4, 0.5) is 10.4 Å². The molecular weight excluding hydrogens is 335 g/mol. The zero-order valence-electron chi connectivity index (χ0n) is 14.4. The normalized spacial score (nSPS) is 20.1. The van der Waals surface area contributed by atoms with E-state index in [1.807, 2.05) is 24.0 Å². The molecule has 1 aliphatic heterocycles. The molecule has 4 rings (SSSR count). The number of rotatable bonds is 5. The van der Waals surface area contributed by atoms with Crippen molar-refractivity contribution in [2.24, 2.45) is 5.92 Å². The second-order valence-electron chi connectivity index (χ2n) is 6.39. The van der Waals surface area contributed by atoms with Crippen LogP contribution in [0, 0.1) is 11.7 Å². The molecule has 0 unspecified atom stereocenters. The van der Waals surface area contributed by atoms with E-state index in [2.05, 4.69) is 15.3 Å². The molecule has 7 heteroatoms. The lowest BCUT2D eigenvalue weighted by Crippen LogP contribution is -2.30. The first kappa shape index (κ1) is 16.5. The SMILES string of the molecule is CCN1C(=O)C[C@H](CNc2nc3cc(F)ccc3o2)[C@H]1c1cccnc1. The number of benzene rings is 1. The molecule has 1 aliphatic rings. The number of pyridine rings is 1. The molecule has 0 bridgehead atoms. The number of oxazole rings is 1. The maximum Gasteiger partial charge on any atom is 0.295 e. The van der Waals surface area contributed by atoms with Crippen molar-refractivity contribution in [2.45, 2.75) is 19.4 Å². The minimum atomic E-state index is -0.353. The molecule has 6 nitrogen and oxygen atoms in total. The quantitative estimate of drug-likeness (QED) is 0.760. The van der Waals surface area contributed by atoms with Gasteiger partial charge >= 0.3 is 0 Å². The van der Waals surface area contributed by atoms with Crippen molar-refractivity contribution >= 4 is 23.0 Å². The Labute approximate surface area is 150 Å². The number of hydrogen-bond acceptors (Lipinski definition) is 5. The predicted octanol–water partition coefficient (Wildman–Crippen LogP) is 3.38. The van der Waals surface area contributed by atoms with E-state index >= 15 is 0 Å². The number of fused-ring (bicyclic) bond motifs is 1. The van der Waals surface area contributed by atoms with Crippen molar-refractivity contribution in [3.8, 4) is 0 Å². The number of anilines is 1. The summed E-state index contributed by atoms with van der Waals surface area (Å²) in [4.78, 5) is 22.7. The van der Waals surface area contributed by atoms with Gasteiger partial charge in [0.25, 0.3) is 6.01 Å². The molecule has 1 fully saturated rings. The van der Waals surface area contributed by atoms with Gasteiger partial charge < -0.3 is 14.6 Å². The number of likely N-dealkylation sites (tertiary alicyclic amines) is 1. The lowest BCUT2D eigenvalue weighted by Gasteiger charge is -2.27. The summed E-state index contributed by atoms with van der Waals surface area (Å²) in [6, 6.07) is 8.40. The Kier molecular flexibility index (Phi) is 4.28. The number of nitrogens with one attached hydrogen (secondary N) is 1. The van der Waals surface area contributed by atoms with Crippen LogP contribution in [0.15, 0.2) is 47.1 Å². The van der Waals surface area contributed by atoms with Gasteiger partial charge in [-0.15, -0.1) is 0 Å². The summed E-state index contributed by atoms with van der Waals surface area (Å²) >= 11 is 0. The molecule has 1 amide bonds.